The molecule has 1 amide bonds. The molecule has 0 fully saturated rings. The number of aromatic nitrogens is 1. The molecule has 170 valence electrons. The first kappa shape index (κ1) is 23.6. The number of carbonyl (C=O) groups is 1. The molecule has 1 heterocycles. The second-order valence-electron chi connectivity index (χ2n) is 7.90. The minimum Gasteiger partial charge on any atom is -0.444 e. The summed E-state index contributed by atoms with van der Waals surface area (Å²) in [7, 11) is 0. The highest BCUT2D eigenvalue weighted by molar-refractivity contribution is 7.17. The maximum absolute atomic E-state index is 12.5. The fraction of sp³-hybridized carbons (Fsp3) is 0.333. The summed E-state index contributed by atoms with van der Waals surface area (Å²) >= 11 is 1.26. The van der Waals surface area contributed by atoms with Crippen LogP contribution in [-0.2, 0) is 19.3 Å². The summed E-state index contributed by atoms with van der Waals surface area (Å²) in [6.07, 6.45) is 1.76. The number of nitrogens with zero attached hydrogens (tertiary/aromatic N) is 1. The lowest BCUT2D eigenvalue weighted by Gasteiger charge is -2.13. The van der Waals surface area contributed by atoms with Gasteiger partial charge in [-0.25, -0.2) is 9.78 Å². The second kappa shape index (κ2) is 11.0. The quantitative estimate of drug-likeness (QED) is 0.399. The van der Waals surface area contributed by atoms with Gasteiger partial charge in [0, 0.05) is 18.2 Å². The Balaban J connectivity index is 1.79. The fourth-order valence-corrected chi connectivity index (χ4v) is 4.00. The number of rotatable bonds is 9. The number of hydrogen-bond acceptors (Lipinski definition) is 7. The smallest absolute Gasteiger partial charge is 0.417 e. The molecule has 3 aromatic rings. The van der Waals surface area contributed by atoms with Crippen molar-refractivity contribution >= 4 is 28.2 Å². The molecule has 1 aromatic heterocycles. The predicted molar refractivity (Wildman–Crippen MR) is 130 cm³/mol. The van der Waals surface area contributed by atoms with E-state index in [0.29, 0.717) is 46.3 Å². The molecular weight excluding hydrogens is 424 g/mol. The SMILES string of the molecule is CCc1ccc(NC(=O)Oc2cc(CC(C)C)cc(Oc3sc(N)nc3CCN)c2)cc1. The van der Waals surface area contributed by atoms with E-state index in [2.05, 4.69) is 31.1 Å². The molecule has 0 saturated carbocycles. The third-order valence-electron chi connectivity index (χ3n) is 4.67. The molecule has 3 rings (SSSR count). The number of thiazole rings is 1. The van der Waals surface area contributed by atoms with Crippen molar-refractivity contribution in [3.63, 3.8) is 0 Å². The lowest BCUT2D eigenvalue weighted by atomic mass is 10.0. The normalized spacial score (nSPS) is 10.9. The van der Waals surface area contributed by atoms with Crippen LogP contribution in [0.5, 0.6) is 16.6 Å². The minimum absolute atomic E-state index is 0.402. The number of amides is 1. The Morgan fingerprint density at radius 1 is 1.12 bits per heavy atom. The number of anilines is 2. The van der Waals surface area contributed by atoms with Crippen LogP contribution in [0.25, 0.3) is 0 Å². The van der Waals surface area contributed by atoms with Crippen molar-refractivity contribution in [2.75, 3.05) is 17.6 Å². The largest absolute Gasteiger partial charge is 0.444 e. The van der Waals surface area contributed by atoms with Gasteiger partial charge in [0.15, 0.2) is 5.13 Å². The van der Waals surface area contributed by atoms with Crippen molar-refractivity contribution in [3.8, 4) is 16.6 Å². The molecule has 0 aliphatic carbocycles. The van der Waals surface area contributed by atoms with E-state index in [4.69, 9.17) is 20.9 Å². The van der Waals surface area contributed by atoms with Crippen molar-refractivity contribution in [3.05, 3.63) is 59.3 Å². The number of nitrogen functional groups attached to an aromatic ring is 1. The van der Waals surface area contributed by atoms with E-state index < -0.39 is 6.09 Å². The van der Waals surface area contributed by atoms with Crippen molar-refractivity contribution in [1.29, 1.82) is 0 Å². The average Bonchev–Trinajstić information content (AvgIpc) is 3.06. The van der Waals surface area contributed by atoms with Gasteiger partial charge in [-0.2, -0.15) is 0 Å². The number of ether oxygens (including phenoxy) is 2. The van der Waals surface area contributed by atoms with Gasteiger partial charge >= 0.3 is 6.09 Å². The summed E-state index contributed by atoms with van der Waals surface area (Å²) in [5.74, 6) is 1.38. The van der Waals surface area contributed by atoms with Crippen molar-refractivity contribution in [2.45, 2.75) is 40.0 Å². The Morgan fingerprint density at radius 2 is 1.84 bits per heavy atom. The van der Waals surface area contributed by atoms with E-state index in [0.717, 1.165) is 24.1 Å². The van der Waals surface area contributed by atoms with E-state index in [9.17, 15) is 4.79 Å². The second-order valence-corrected chi connectivity index (χ2v) is 8.90. The third-order valence-corrected chi connectivity index (χ3v) is 5.48. The van der Waals surface area contributed by atoms with Crippen LogP contribution in [0.2, 0.25) is 0 Å². The third kappa shape index (κ3) is 6.70. The number of benzene rings is 2. The molecule has 2 aromatic carbocycles. The molecular formula is C24H30N4O3S. The van der Waals surface area contributed by atoms with Gasteiger partial charge in [0.25, 0.3) is 0 Å². The van der Waals surface area contributed by atoms with E-state index in [1.54, 1.807) is 6.07 Å². The molecule has 0 aliphatic rings. The first-order chi connectivity index (χ1) is 15.4. The highest BCUT2D eigenvalue weighted by atomic mass is 32.1. The van der Waals surface area contributed by atoms with E-state index in [1.807, 2.05) is 36.4 Å². The highest BCUT2D eigenvalue weighted by Gasteiger charge is 2.14. The topological polar surface area (TPSA) is 112 Å². The number of hydrogen-bond donors (Lipinski definition) is 3. The Labute approximate surface area is 192 Å². The highest BCUT2D eigenvalue weighted by Crippen LogP contribution is 2.35. The molecule has 0 radical (unpaired) electrons. The maximum Gasteiger partial charge on any atom is 0.417 e. The number of aryl methyl sites for hydroxylation is 1. The summed E-state index contributed by atoms with van der Waals surface area (Å²) in [4.78, 5) is 16.8. The first-order valence-corrected chi connectivity index (χ1v) is 11.5. The molecule has 5 N–H and O–H groups in total. The van der Waals surface area contributed by atoms with Crippen LogP contribution in [0.15, 0.2) is 42.5 Å². The van der Waals surface area contributed by atoms with Crippen LogP contribution < -0.4 is 26.3 Å². The molecule has 0 spiro atoms. The van der Waals surface area contributed by atoms with Crippen LogP contribution in [0.4, 0.5) is 15.6 Å². The van der Waals surface area contributed by atoms with Crippen molar-refractivity contribution in [1.82, 2.24) is 4.98 Å². The van der Waals surface area contributed by atoms with E-state index in [1.165, 1.54) is 16.9 Å². The minimum atomic E-state index is -0.562. The summed E-state index contributed by atoms with van der Waals surface area (Å²) in [6.45, 7) is 6.79. The van der Waals surface area contributed by atoms with Gasteiger partial charge in [-0.05, 0) is 60.7 Å². The van der Waals surface area contributed by atoms with Gasteiger partial charge in [-0.15, -0.1) is 0 Å². The molecule has 0 unspecified atom stereocenters. The molecule has 7 nitrogen and oxygen atoms in total. The summed E-state index contributed by atoms with van der Waals surface area (Å²) in [5, 5.41) is 3.78. The van der Waals surface area contributed by atoms with Crippen LogP contribution >= 0.6 is 11.3 Å². The lowest BCUT2D eigenvalue weighted by molar-refractivity contribution is 0.215. The van der Waals surface area contributed by atoms with E-state index >= 15 is 0 Å². The molecule has 8 heteroatoms. The van der Waals surface area contributed by atoms with Gasteiger partial charge in [0.1, 0.15) is 11.5 Å². The van der Waals surface area contributed by atoms with Gasteiger partial charge in [-0.3, -0.25) is 5.32 Å². The Bertz CT molecular complexity index is 1050. The van der Waals surface area contributed by atoms with Crippen LogP contribution in [-0.4, -0.2) is 17.6 Å². The number of nitrogens with one attached hydrogen (secondary N) is 1. The molecule has 0 bridgehead atoms. The summed E-state index contributed by atoms with van der Waals surface area (Å²) in [5.41, 5.74) is 15.1. The number of nitrogens with two attached hydrogens (primary N) is 2. The zero-order chi connectivity index (χ0) is 23.1. The van der Waals surface area contributed by atoms with Crippen LogP contribution in [0, 0.1) is 5.92 Å². The Hall–Kier alpha value is -3.10. The molecule has 0 atom stereocenters. The summed E-state index contributed by atoms with van der Waals surface area (Å²) < 4.78 is 11.7. The van der Waals surface area contributed by atoms with Gasteiger partial charge in [0.05, 0.1) is 5.69 Å². The zero-order valence-electron chi connectivity index (χ0n) is 18.7. The molecule has 0 aliphatic heterocycles. The maximum atomic E-state index is 12.5. The van der Waals surface area contributed by atoms with Gasteiger partial charge in [0.2, 0.25) is 5.06 Å². The lowest BCUT2D eigenvalue weighted by Crippen LogP contribution is -2.16. The van der Waals surface area contributed by atoms with Gasteiger partial charge < -0.3 is 20.9 Å². The first-order valence-electron chi connectivity index (χ1n) is 10.7. The van der Waals surface area contributed by atoms with E-state index in [-0.39, 0.29) is 0 Å². The van der Waals surface area contributed by atoms with Crippen molar-refractivity contribution in [2.24, 2.45) is 11.7 Å². The number of carbonyl (C=O) groups excluding carboxylic acids is 1. The van der Waals surface area contributed by atoms with Crippen LogP contribution in [0.1, 0.15) is 37.6 Å². The molecule has 0 saturated heterocycles. The summed E-state index contributed by atoms with van der Waals surface area (Å²) in [6, 6.07) is 13.2. The molecule has 32 heavy (non-hydrogen) atoms. The van der Waals surface area contributed by atoms with Gasteiger partial charge in [-0.1, -0.05) is 44.2 Å². The van der Waals surface area contributed by atoms with Crippen molar-refractivity contribution < 1.29 is 14.3 Å². The Kier molecular flexibility index (Phi) is 8.08. The Morgan fingerprint density at radius 3 is 2.50 bits per heavy atom. The standard InChI is InChI=1S/C24H30N4O3S/c1-4-16-5-7-18(8-6-16)27-24(29)31-20-13-17(11-15(2)3)12-19(14-20)30-22-21(9-10-25)28-23(26)32-22/h5-8,12-15H,4,9-11,25H2,1-3H3,(H2,26,28)(H,27,29). The predicted octanol–water partition coefficient (Wildman–Crippen LogP) is 5.39. The van der Waals surface area contributed by atoms with Crippen LogP contribution in [0.3, 0.4) is 0 Å². The zero-order valence-corrected chi connectivity index (χ0v) is 19.5. The monoisotopic (exact) mass is 454 g/mol. The fourth-order valence-electron chi connectivity index (χ4n) is 3.25. The average molecular weight is 455 g/mol.